The molecule has 18 heavy (non-hydrogen) atoms. The summed E-state index contributed by atoms with van der Waals surface area (Å²) < 4.78 is 0. The number of hydrogen-bond acceptors (Lipinski definition) is 3. The molecule has 4 N–H and O–H groups in total. The molecule has 1 aromatic rings. The number of amides is 1. The number of nitrogens with two attached hydrogens (primary N) is 2. The summed E-state index contributed by atoms with van der Waals surface area (Å²) in [6, 6.07) is 5.35. The number of halogens is 1. The molecule has 0 aromatic heterocycles. The molecule has 0 radical (unpaired) electrons. The normalized spacial score (nSPS) is 11.2. The van der Waals surface area contributed by atoms with Crippen LogP contribution in [0.25, 0.3) is 0 Å². The average molecular weight is 270 g/mol. The van der Waals surface area contributed by atoms with E-state index in [0.717, 1.165) is 12.1 Å². The number of carbonyl (C=O) groups is 1. The molecule has 0 saturated carbocycles. The van der Waals surface area contributed by atoms with Crippen molar-refractivity contribution in [2.24, 2.45) is 11.7 Å². The average Bonchev–Trinajstić information content (AvgIpc) is 2.21. The van der Waals surface area contributed by atoms with Crippen molar-refractivity contribution in [2.75, 3.05) is 18.8 Å². The van der Waals surface area contributed by atoms with Gasteiger partial charge in [-0.3, -0.25) is 9.69 Å². The zero-order chi connectivity index (χ0) is 13.7. The molecule has 5 heteroatoms. The Morgan fingerprint density at radius 2 is 2.11 bits per heavy atom. The molecule has 0 spiro atoms. The minimum absolute atomic E-state index is 0.226. The lowest BCUT2D eigenvalue weighted by Crippen LogP contribution is -2.35. The van der Waals surface area contributed by atoms with Crippen molar-refractivity contribution in [1.82, 2.24) is 4.90 Å². The van der Waals surface area contributed by atoms with Gasteiger partial charge < -0.3 is 11.5 Å². The van der Waals surface area contributed by atoms with Crippen LogP contribution in [0.1, 0.15) is 19.4 Å². The summed E-state index contributed by atoms with van der Waals surface area (Å²) in [4.78, 5) is 13.0. The van der Waals surface area contributed by atoms with Gasteiger partial charge >= 0.3 is 0 Å². The lowest BCUT2D eigenvalue weighted by molar-refractivity contribution is -0.119. The number of anilines is 1. The number of benzene rings is 1. The van der Waals surface area contributed by atoms with E-state index in [0.29, 0.717) is 23.2 Å². The first kappa shape index (κ1) is 14.8. The van der Waals surface area contributed by atoms with Crippen LogP contribution < -0.4 is 11.5 Å². The Bertz CT molecular complexity index is 421. The Balaban J connectivity index is 2.81. The molecular weight excluding hydrogens is 250 g/mol. The largest absolute Gasteiger partial charge is 0.399 e. The van der Waals surface area contributed by atoms with E-state index >= 15 is 0 Å². The van der Waals surface area contributed by atoms with Crippen molar-refractivity contribution < 1.29 is 4.79 Å². The highest BCUT2D eigenvalue weighted by Gasteiger charge is 2.12. The lowest BCUT2D eigenvalue weighted by atomic mass is 10.1. The van der Waals surface area contributed by atoms with Crippen molar-refractivity contribution in [1.29, 1.82) is 0 Å². The van der Waals surface area contributed by atoms with E-state index in [1.807, 2.05) is 11.0 Å². The SMILES string of the molecule is CC(C)CN(CC(N)=O)Cc1cc(N)ccc1Cl. The fraction of sp³-hybridized carbons (Fsp3) is 0.462. The highest BCUT2D eigenvalue weighted by atomic mass is 35.5. The van der Waals surface area contributed by atoms with E-state index in [4.69, 9.17) is 23.1 Å². The number of hydrogen-bond donors (Lipinski definition) is 2. The third-order valence-corrected chi connectivity index (χ3v) is 2.84. The van der Waals surface area contributed by atoms with E-state index in [1.165, 1.54) is 0 Å². The molecule has 0 unspecified atom stereocenters. The van der Waals surface area contributed by atoms with E-state index in [-0.39, 0.29) is 12.5 Å². The fourth-order valence-corrected chi connectivity index (χ4v) is 2.06. The van der Waals surface area contributed by atoms with Crippen LogP contribution in [0.3, 0.4) is 0 Å². The highest BCUT2D eigenvalue weighted by molar-refractivity contribution is 6.31. The van der Waals surface area contributed by atoms with Crippen molar-refractivity contribution >= 4 is 23.2 Å². The number of rotatable bonds is 6. The lowest BCUT2D eigenvalue weighted by Gasteiger charge is -2.23. The van der Waals surface area contributed by atoms with Gasteiger partial charge in [0.25, 0.3) is 0 Å². The fourth-order valence-electron chi connectivity index (χ4n) is 1.88. The van der Waals surface area contributed by atoms with Gasteiger partial charge in [-0.25, -0.2) is 0 Å². The van der Waals surface area contributed by atoms with Gasteiger partial charge in [-0.2, -0.15) is 0 Å². The van der Waals surface area contributed by atoms with Crippen molar-refractivity contribution in [2.45, 2.75) is 20.4 Å². The van der Waals surface area contributed by atoms with Gasteiger partial charge in [0.2, 0.25) is 5.91 Å². The van der Waals surface area contributed by atoms with Gasteiger partial charge in [0.15, 0.2) is 0 Å². The predicted molar refractivity (Wildman–Crippen MR) is 75.2 cm³/mol. The van der Waals surface area contributed by atoms with Crippen LogP contribution in [0.2, 0.25) is 5.02 Å². The third-order valence-electron chi connectivity index (χ3n) is 2.47. The molecule has 1 aromatic carbocycles. The van der Waals surface area contributed by atoms with Crippen molar-refractivity contribution in [3.63, 3.8) is 0 Å². The van der Waals surface area contributed by atoms with Crippen LogP contribution in [0, 0.1) is 5.92 Å². The maximum absolute atomic E-state index is 11.1. The van der Waals surface area contributed by atoms with E-state index in [9.17, 15) is 4.79 Å². The Morgan fingerprint density at radius 3 is 2.67 bits per heavy atom. The smallest absolute Gasteiger partial charge is 0.231 e. The van der Waals surface area contributed by atoms with E-state index in [2.05, 4.69) is 13.8 Å². The maximum atomic E-state index is 11.1. The van der Waals surface area contributed by atoms with E-state index < -0.39 is 0 Å². The van der Waals surface area contributed by atoms with Crippen LogP contribution in [-0.4, -0.2) is 23.9 Å². The molecule has 4 nitrogen and oxygen atoms in total. The summed E-state index contributed by atoms with van der Waals surface area (Å²) in [6.07, 6.45) is 0. The molecule has 0 bridgehead atoms. The minimum atomic E-state index is -0.337. The second-order valence-electron chi connectivity index (χ2n) is 4.88. The van der Waals surface area contributed by atoms with Gasteiger partial charge in [0, 0.05) is 23.8 Å². The monoisotopic (exact) mass is 269 g/mol. The minimum Gasteiger partial charge on any atom is -0.399 e. The molecule has 0 aliphatic carbocycles. The molecule has 0 aliphatic rings. The van der Waals surface area contributed by atoms with Gasteiger partial charge in [-0.05, 0) is 29.7 Å². The summed E-state index contributed by atoms with van der Waals surface area (Å²) >= 11 is 6.11. The van der Waals surface area contributed by atoms with Gasteiger partial charge in [0.05, 0.1) is 6.54 Å². The second-order valence-corrected chi connectivity index (χ2v) is 5.29. The molecule has 0 saturated heterocycles. The first-order chi connectivity index (χ1) is 8.38. The summed E-state index contributed by atoms with van der Waals surface area (Å²) in [6.45, 7) is 5.77. The first-order valence-electron chi connectivity index (χ1n) is 5.93. The topological polar surface area (TPSA) is 72.3 Å². The van der Waals surface area contributed by atoms with Crippen LogP contribution in [0.4, 0.5) is 5.69 Å². The Morgan fingerprint density at radius 1 is 1.44 bits per heavy atom. The molecule has 1 rings (SSSR count). The van der Waals surface area contributed by atoms with Crippen LogP contribution in [0.15, 0.2) is 18.2 Å². The van der Waals surface area contributed by atoms with Crippen molar-refractivity contribution in [3.8, 4) is 0 Å². The number of carbonyl (C=O) groups excluding carboxylic acids is 1. The molecule has 1 amide bonds. The summed E-state index contributed by atoms with van der Waals surface area (Å²) in [5.74, 6) is 0.111. The van der Waals surface area contributed by atoms with Gasteiger partial charge in [-0.15, -0.1) is 0 Å². The molecule has 0 heterocycles. The van der Waals surface area contributed by atoms with Gasteiger partial charge in [0.1, 0.15) is 0 Å². The first-order valence-corrected chi connectivity index (χ1v) is 6.31. The summed E-state index contributed by atoms with van der Waals surface area (Å²) in [5.41, 5.74) is 12.6. The molecule has 0 atom stereocenters. The molecule has 0 fully saturated rings. The number of primary amides is 1. The zero-order valence-electron chi connectivity index (χ0n) is 10.8. The third kappa shape index (κ3) is 4.94. The summed E-state index contributed by atoms with van der Waals surface area (Å²) in [5, 5.41) is 0.655. The second kappa shape index (κ2) is 6.61. The van der Waals surface area contributed by atoms with Crippen LogP contribution in [0.5, 0.6) is 0 Å². The number of nitrogens with zero attached hydrogens (tertiary/aromatic N) is 1. The highest BCUT2D eigenvalue weighted by Crippen LogP contribution is 2.20. The van der Waals surface area contributed by atoms with E-state index in [1.54, 1.807) is 12.1 Å². The van der Waals surface area contributed by atoms with Crippen LogP contribution in [-0.2, 0) is 11.3 Å². The van der Waals surface area contributed by atoms with Gasteiger partial charge in [-0.1, -0.05) is 25.4 Å². The predicted octanol–water partition coefficient (Wildman–Crippen LogP) is 1.87. The molecule has 0 aliphatic heterocycles. The Labute approximate surface area is 113 Å². The number of nitrogen functional groups attached to an aromatic ring is 1. The Hall–Kier alpha value is -1.26. The van der Waals surface area contributed by atoms with Crippen molar-refractivity contribution in [3.05, 3.63) is 28.8 Å². The maximum Gasteiger partial charge on any atom is 0.231 e. The Kier molecular flexibility index (Phi) is 5.44. The molecular formula is C13H20ClN3O. The van der Waals surface area contributed by atoms with Crippen LogP contribution >= 0.6 is 11.6 Å². The summed E-state index contributed by atoms with van der Waals surface area (Å²) in [7, 11) is 0. The standard InChI is InChI=1S/C13H20ClN3O/c1-9(2)6-17(8-13(16)18)7-10-5-11(15)3-4-12(10)14/h3-5,9H,6-8,15H2,1-2H3,(H2,16,18). The molecule has 100 valence electrons. The quantitative estimate of drug-likeness (QED) is 0.775. The zero-order valence-corrected chi connectivity index (χ0v) is 11.6.